The summed E-state index contributed by atoms with van der Waals surface area (Å²) >= 11 is 0. The topological polar surface area (TPSA) is 21.3 Å². The summed E-state index contributed by atoms with van der Waals surface area (Å²) in [7, 11) is 0. The Balaban J connectivity index is 2.14. The maximum absolute atomic E-state index is 5.63. The van der Waals surface area contributed by atoms with Crippen LogP contribution in [0, 0.1) is 5.92 Å². The molecule has 1 aliphatic carbocycles. The molecule has 2 rings (SSSR count). The van der Waals surface area contributed by atoms with Crippen LogP contribution in [0.15, 0.2) is 24.3 Å². The summed E-state index contributed by atoms with van der Waals surface area (Å²) in [5.41, 5.74) is 1.39. The van der Waals surface area contributed by atoms with Gasteiger partial charge in [0.25, 0.3) is 0 Å². The Bertz CT molecular complexity index is 371. The normalized spacial score (nSPS) is 18.2. The summed E-state index contributed by atoms with van der Waals surface area (Å²) in [6, 6.07) is 9.12. The van der Waals surface area contributed by atoms with Crippen LogP contribution < -0.4 is 10.1 Å². The molecule has 0 aromatic heterocycles. The van der Waals surface area contributed by atoms with E-state index in [-0.39, 0.29) is 0 Å². The maximum atomic E-state index is 5.63. The fraction of sp³-hybridized carbons (Fsp3) is 0.647. The molecule has 1 aromatic carbocycles. The summed E-state index contributed by atoms with van der Waals surface area (Å²) in [6.07, 6.45) is 6.90. The zero-order valence-electron chi connectivity index (χ0n) is 12.3. The van der Waals surface area contributed by atoms with Gasteiger partial charge in [0.2, 0.25) is 0 Å². The van der Waals surface area contributed by atoms with Crippen molar-refractivity contribution in [1.82, 2.24) is 5.32 Å². The van der Waals surface area contributed by atoms with Crippen LogP contribution >= 0.6 is 0 Å². The Morgan fingerprint density at radius 2 is 2.00 bits per heavy atom. The van der Waals surface area contributed by atoms with Gasteiger partial charge in [0.05, 0.1) is 6.61 Å². The van der Waals surface area contributed by atoms with Crippen molar-refractivity contribution >= 4 is 0 Å². The van der Waals surface area contributed by atoms with Gasteiger partial charge in [-0.3, -0.25) is 0 Å². The second-order valence-electron chi connectivity index (χ2n) is 5.44. The Morgan fingerprint density at radius 1 is 1.21 bits per heavy atom. The lowest BCUT2D eigenvalue weighted by Gasteiger charge is -2.31. The van der Waals surface area contributed by atoms with E-state index in [1.807, 2.05) is 6.92 Å². The van der Waals surface area contributed by atoms with Crippen molar-refractivity contribution in [3.63, 3.8) is 0 Å². The minimum Gasteiger partial charge on any atom is -0.494 e. The molecule has 106 valence electrons. The minimum absolute atomic E-state index is 0.491. The fourth-order valence-electron chi connectivity index (χ4n) is 3.21. The van der Waals surface area contributed by atoms with E-state index < -0.39 is 0 Å². The molecule has 1 N–H and O–H groups in total. The monoisotopic (exact) mass is 261 g/mol. The zero-order valence-corrected chi connectivity index (χ0v) is 12.3. The van der Waals surface area contributed by atoms with Gasteiger partial charge in [-0.05, 0) is 49.9 Å². The molecule has 0 aliphatic heterocycles. The first-order valence-electron chi connectivity index (χ1n) is 7.81. The van der Waals surface area contributed by atoms with E-state index >= 15 is 0 Å². The predicted molar refractivity (Wildman–Crippen MR) is 80.6 cm³/mol. The highest BCUT2D eigenvalue weighted by Gasteiger charge is 2.24. The first kappa shape index (κ1) is 14.4. The van der Waals surface area contributed by atoms with Crippen molar-refractivity contribution in [2.75, 3.05) is 13.2 Å². The van der Waals surface area contributed by atoms with Crippen molar-refractivity contribution in [2.24, 2.45) is 5.92 Å². The predicted octanol–water partition coefficient (Wildman–Crippen LogP) is 4.32. The molecule has 2 heteroatoms. The molecule has 0 bridgehead atoms. The van der Waals surface area contributed by atoms with Gasteiger partial charge in [-0.25, -0.2) is 0 Å². The number of ether oxygens (including phenoxy) is 1. The number of hydrogen-bond donors (Lipinski definition) is 1. The second-order valence-corrected chi connectivity index (χ2v) is 5.44. The van der Waals surface area contributed by atoms with E-state index in [4.69, 9.17) is 4.74 Å². The summed E-state index contributed by atoms with van der Waals surface area (Å²) < 4.78 is 5.63. The molecule has 0 spiro atoms. The second kappa shape index (κ2) is 7.54. The molecule has 1 saturated carbocycles. The van der Waals surface area contributed by atoms with Crippen molar-refractivity contribution in [3.8, 4) is 5.75 Å². The van der Waals surface area contributed by atoms with E-state index in [1.165, 1.54) is 37.7 Å². The number of nitrogens with one attached hydrogen (secondary N) is 1. The molecule has 1 aliphatic rings. The van der Waals surface area contributed by atoms with Crippen LogP contribution in [0.5, 0.6) is 5.75 Å². The van der Waals surface area contributed by atoms with Crippen LogP contribution in [0.4, 0.5) is 0 Å². The molecule has 1 atom stereocenters. The summed E-state index contributed by atoms with van der Waals surface area (Å²) in [6.45, 7) is 6.00. The van der Waals surface area contributed by atoms with Crippen molar-refractivity contribution in [3.05, 3.63) is 29.8 Å². The molecule has 2 nitrogen and oxygen atoms in total. The third kappa shape index (κ3) is 3.97. The van der Waals surface area contributed by atoms with E-state index in [0.717, 1.165) is 24.8 Å². The van der Waals surface area contributed by atoms with Gasteiger partial charge in [-0.15, -0.1) is 0 Å². The van der Waals surface area contributed by atoms with E-state index in [9.17, 15) is 0 Å². The smallest absolute Gasteiger partial charge is 0.119 e. The third-order valence-electron chi connectivity index (χ3n) is 4.07. The van der Waals surface area contributed by atoms with Crippen LogP contribution in [0.3, 0.4) is 0 Å². The van der Waals surface area contributed by atoms with Crippen LogP contribution in [0.1, 0.15) is 57.6 Å². The van der Waals surface area contributed by atoms with Crippen LogP contribution in [-0.2, 0) is 0 Å². The number of rotatable bonds is 6. The number of benzene rings is 1. The average Bonchev–Trinajstić information content (AvgIpc) is 2.46. The molecule has 1 unspecified atom stereocenters. The Kier molecular flexibility index (Phi) is 5.71. The van der Waals surface area contributed by atoms with Gasteiger partial charge in [0, 0.05) is 6.04 Å². The van der Waals surface area contributed by atoms with Gasteiger partial charge >= 0.3 is 0 Å². The lowest BCUT2D eigenvalue weighted by atomic mass is 9.81. The summed E-state index contributed by atoms with van der Waals surface area (Å²) in [5, 5.41) is 3.68. The zero-order chi connectivity index (χ0) is 13.5. The Morgan fingerprint density at radius 3 is 2.68 bits per heavy atom. The quantitative estimate of drug-likeness (QED) is 0.823. The van der Waals surface area contributed by atoms with Crippen molar-refractivity contribution < 1.29 is 4.74 Å². The average molecular weight is 261 g/mol. The molecule has 0 radical (unpaired) electrons. The molecule has 0 heterocycles. The summed E-state index contributed by atoms with van der Waals surface area (Å²) in [4.78, 5) is 0. The minimum atomic E-state index is 0.491. The molecule has 1 fully saturated rings. The first-order valence-corrected chi connectivity index (χ1v) is 7.81. The SMILES string of the molecule is CCNC(c1cccc(OCC)c1)C1CCCCC1. The molecular weight excluding hydrogens is 234 g/mol. The highest BCUT2D eigenvalue weighted by Crippen LogP contribution is 2.35. The first-order chi connectivity index (χ1) is 9.35. The van der Waals surface area contributed by atoms with E-state index in [2.05, 4.69) is 36.5 Å². The molecule has 0 saturated heterocycles. The van der Waals surface area contributed by atoms with Gasteiger partial charge in [0.15, 0.2) is 0 Å². The van der Waals surface area contributed by atoms with Crippen LogP contribution in [0.25, 0.3) is 0 Å². The molecule has 19 heavy (non-hydrogen) atoms. The third-order valence-corrected chi connectivity index (χ3v) is 4.07. The lowest BCUT2D eigenvalue weighted by molar-refractivity contribution is 0.273. The molecule has 0 amide bonds. The van der Waals surface area contributed by atoms with Crippen molar-refractivity contribution in [1.29, 1.82) is 0 Å². The van der Waals surface area contributed by atoms with Crippen molar-refractivity contribution in [2.45, 2.75) is 52.0 Å². The fourth-order valence-corrected chi connectivity index (χ4v) is 3.21. The van der Waals surface area contributed by atoms with Gasteiger partial charge in [-0.1, -0.05) is 38.3 Å². The van der Waals surface area contributed by atoms with Gasteiger partial charge in [-0.2, -0.15) is 0 Å². The molecule has 1 aromatic rings. The highest BCUT2D eigenvalue weighted by molar-refractivity contribution is 5.31. The summed E-state index contributed by atoms with van der Waals surface area (Å²) in [5.74, 6) is 1.78. The standard InChI is InChI=1S/C17H27NO/c1-3-18-17(14-9-6-5-7-10-14)15-11-8-12-16(13-15)19-4-2/h8,11-14,17-18H,3-7,9-10H2,1-2H3. The number of hydrogen-bond acceptors (Lipinski definition) is 2. The van der Waals surface area contributed by atoms with Crippen LogP contribution in [-0.4, -0.2) is 13.2 Å². The maximum Gasteiger partial charge on any atom is 0.119 e. The Labute approximate surface area is 117 Å². The largest absolute Gasteiger partial charge is 0.494 e. The lowest BCUT2D eigenvalue weighted by Crippen LogP contribution is -2.29. The Hall–Kier alpha value is -1.02. The molecular formula is C17H27NO. The van der Waals surface area contributed by atoms with Gasteiger partial charge in [0.1, 0.15) is 5.75 Å². The van der Waals surface area contributed by atoms with Crippen LogP contribution in [0.2, 0.25) is 0 Å². The van der Waals surface area contributed by atoms with E-state index in [0.29, 0.717) is 6.04 Å². The van der Waals surface area contributed by atoms with E-state index in [1.54, 1.807) is 0 Å². The van der Waals surface area contributed by atoms with Gasteiger partial charge < -0.3 is 10.1 Å². The highest BCUT2D eigenvalue weighted by atomic mass is 16.5.